The molecule has 4 N–H and O–H groups in total. The Morgan fingerprint density at radius 2 is 1.79 bits per heavy atom. The summed E-state index contributed by atoms with van der Waals surface area (Å²) in [4.78, 5) is 27.9. The molecule has 224 valence electrons. The molecule has 0 unspecified atom stereocenters. The molecule has 5 rings (SSSR count). The van der Waals surface area contributed by atoms with Gasteiger partial charge >= 0.3 is 0 Å². The number of ether oxygens (including phenoxy) is 1. The zero-order valence-corrected chi connectivity index (χ0v) is 22.9. The number of aryl methyl sites for hydroxylation is 1. The van der Waals surface area contributed by atoms with Gasteiger partial charge in [0, 0.05) is 16.8 Å². The molecule has 2 heterocycles. The van der Waals surface area contributed by atoms with Crippen molar-refractivity contribution in [3.05, 3.63) is 102 Å². The molecule has 13 heteroatoms. The minimum absolute atomic E-state index is 0.0135. The standard InChI is InChI=1S/C30H29F2N5O6/c1-17-12-19(10-11-22(17)32)29(42)36(15-25(39)33-21-8-3-2-4-9-21)30-28(41)26(27(40)24(16-38)43-30)37-14-23(34-35-37)18-6-5-7-20(31)13-18/h2-14,24,26-28,30,38,40-41H,15-16H2,1H3,(H,33,39)/t24-,26+,27+,28-,30-/m1/s1. The summed E-state index contributed by atoms with van der Waals surface area (Å²) in [5.41, 5.74) is 1.27. The Morgan fingerprint density at radius 3 is 2.49 bits per heavy atom. The highest BCUT2D eigenvalue weighted by Gasteiger charge is 2.49. The first-order chi connectivity index (χ1) is 20.7. The number of halogens is 2. The van der Waals surface area contributed by atoms with Crippen LogP contribution in [0.2, 0.25) is 0 Å². The maximum absolute atomic E-state index is 14.0. The van der Waals surface area contributed by atoms with Gasteiger partial charge in [-0.15, -0.1) is 5.10 Å². The minimum atomic E-state index is -1.70. The molecule has 0 radical (unpaired) electrons. The highest BCUT2D eigenvalue weighted by atomic mass is 19.1. The average Bonchev–Trinajstić information content (AvgIpc) is 3.48. The van der Waals surface area contributed by atoms with E-state index in [1.165, 1.54) is 43.5 Å². The van der Waals surface area contributed by atoms with Crippen LogP contribution in [0, 0.1) is 18.6 Å². The fourth-order valence-corrected chi connectivity index (χ4v) is 4.95. The SMILES string of the molecule is Cc1cc(C(=O)N(CC(=O)Nc2ccccc2)[C@@H]2O[C@H](CO)[C@H](O)[C@H](n3cc(-c4cccc(F)c4)nn3)[C@H]2O)ccc1F. The highest BCUT2D eigenvalue weighted by molar-refractivity contribution is 5.99. The molecule has 2 amide bonds. The number of nitrogens with one attached hydrogen (secondary N) is 1. The van der Waals surface area contributed by atoms with E-state index in [0.717, 1.165) is 15.6 Å². The summed E-state index contributed by atoms with van der Waals surface area (Å²) >= 11 is 0. The smallest absolute Gasteiger partial charge is 0.256 e. The van der Waals surface area contributed by atoms with Crippen LogP contribution in [-0.4, -0.2) is 84.7 Å². The Kier molecular flexibility index (Phi) is 8.87. The van der Waals surface area contributed by atoms with Crippen molar-refractivity contribution in [1.29, 1.82) is 0 Å². The van der Waals surface area contributed by atoms with E-state index < -0.39 is 67.2 Å². The lowest BCUT2D eigenvalue weighted by atomic mass is 9.94. The van der Waals surface area contributed by atoms with Gasteiger partial charge in [0.25, 0.3) is 5.91 Å². The molecule has 0 bridgehead atoms. The average molecular weight is 594 g/mol. The van der Waals surface area contributed by atoms with Crippen molar-refractivity contribution in [2.45, 2.75) is 37.5 Å². The predicted octanol–water partition coefficient (Wildman–Crippen LogP) is 2.29. The second-order valence-corrected chi connectivity index (χ2v) is 10.1. The number of aromatic nitrogens is 3. The Hall–Kier alpha value is -4.56. The molecule has 1 aliphatic rings. The Balaban J connectivity index is 1.50. The summed E-state index contributed by atoms with van der Waals surface area (Å²) in [6, 6.07) is 16.4. The number of aliphatic hydroxyl groups is 3. The maximum Gasteiger partial charge on any atom is 0.256 e. The fourth-order valence-electron chi connectivity index (χ4n) is 4.95. The van der Waals surface area contributed by atoms with E-state index in [2.05, 4.69) is 15.6 Å². The molecule has 3 aromatic carbocycles. The normalized spacial score (nSPS) is 21.8. The third-order valence-corrected chi connectivity index (χ3v) is 7.15. The number of amides is 2. The first-order valence-corrected chi connectivity index (χ1v) is 13.4. The van der Waals surface area contributed by atoms with Crippen molar-refractivity contribution >= 4 is 17.5 Å². The van der Waals surface area contributed by atoms with Gasteiger partial charge in [0.2, 0.25) is 5.91 Å². The lowest BCUT2D eigenvalue weighted by Gasteiger charge is -2.45. The molecular weight excluding hydrogens is 564 g/mol. The first-order valence-electron chi connectivity index (χ1n) is 13.4. The van der Waals surface area contributed by atoms with Crippen molar-refractivity contribution < 1.29 is 38.4 Å². The number of aliphatic hydroxyl groups excluding tert-OH is 3. The number of carbonyl (C=O) groups is 2. The lowest BCUT2D eigenvalue weighted by molar-refractivity contribution is -0.237. The van der Waals surface area contributed by atoms with Gasteiger partial charge < -0.3 is 30.3 Å². The number of anilines is 1. The van der Waals surface area contributed by atoms with Crippen LogP contribution in [0.4, 0.5) is 14.5 Å². The number of hydrogen-bond acceptors (Lipinski definition) is 8. The van der Waals surface area contributed by atoms with Gasteiger partial charge in [0.15, 0.2) is 6.23 Å². The van der Waals surface area contributed by atoms with E-state index in [9.17, 15) is 33.7 Å². The van der Waals surface area contributed by atoms with Crippen molar-refractivity contribution in [2.24, 2.45) is 0 Å². The summed E-state index contributed by atoms with van der Waals surface area (Å²) in [7, 11) is 0. The monoisotopic (exact) mass is 593 g/mol. The van der Waals surface area contributed by atoms with Gasteiger partial charge in [-0.1, -0.05) is 35.5 Å². The van der Waals surface area contributed by atoms with Crippen molar-refractivity contribution in [3.8, 4) is 11.3 Å². The molecule has 43 heavy (non-hydrogen) atoms. The maximum atomic E-state index is 14.0. The van der Waals surface area contributed by atoms with Gasteiger partial charge in [0.1, 0.15) is 48.2 Å². The van der Waals surface area contributed by atoms with Gasteiger partial charge in [0.05, 0.1) is 12.8 Å². The van der Waals surface area contributed by atoms with Crippen molar-refractivity contribution in [3.63, 3.8) is 0 Å². The molecule has 5 atom stereocenters. The quantitative estimate of drug-likeness (QED) is 0.243. The van der Waals surface area contributed by atoms with E-state index in [4.69, 9.17) is 4.74 Å². The van der Waals surface area contributed by atoms with E-state index in [-0.39, 0.29) is 16.8 Å². The van der Waals surface area contributed by atoms with Crippen molar-refractivity contribution in [1.82, 2.24) is 19.9 Å². The van der Waals surface area contributed by atoms with Crippen molar-refractivity contribution in [2.75, 3.05) is 18.5 Å². The molecule has 0 spiro atoms. The number of hydrogen-bond donors (Lipinski definition) is 4. The van der Waals surface area contributed by atoms with E-state index in [1.807, 2.05) is 0 Å². The number of para-hydroxylation sites is 1. The molecular formula is C30H29F2N5O6. The molecule has 1 saturated heterocycles. The summed E-state index contributed by atoms with van der Waals surface area (Å²) in [5.74, 6) is -2.45. The Morgan fingerprint density at radius 1 is 1.02 bits per heavy atom. The third kappa shape index (κ3) is 6.44. The second kappa shape index (κ2) is 12.8. The summed E-state index contributed by atoms with van der Waals surface area (Å²) < 4.78 is 34.8. The van der Waals surface area contributed by atoms with Crippen LogP contribution in [0.25, 0.3) is 11.3 Å². The molecule has 11 nitrogen and oxygen atoms in total. The molecule has 0 aliphatic carbocycles. The first kappa shape index (κ1) is 29.9. The Labute approximate surface area is 245 Å². The van der Waals surface area contributed by atoms with Gasteiger partial charge in [-0.25, -0.2) is 13.5 Å². The minimum Gasteiger partial charge on any atom is -0.394 e. The largest absolute Gasteiger partial charge is 0.394 e. The lowest BCUT2D eigenvalue weighted by Crippen LogP contribution is -2.63. The van der Waals surface area contributed by atoms with Gasteiger partial charge in [-0.05, 0) is 55.0 Å². The van der Waals surface area contributed by atoms with E-state index >= 15 is 0 Å². The topological polar surface area (TPSA) is 150 Å². The van der Waals surface area contributed by atoms with Crippen LogP contribution in [0.15, 0.2) is 79.0 Å². The molecule has 1 fully saturated rings. The zero-order chi connectivity index (χ0) is 30.7. The summed E-state index contributed by atoms with van der Waals surface area (Å²) in [5, 5.41) is 43.4. The number of rotatable bonds is 8. The summed E-state index contributed by atoms with van der Waals surface area (Å²) in [6.07, 6.45) is -4.74. The second-order valence-electron chi connectivity index (χ2n) is 10.1. The molecule has 4 aromatic rings. The number of nitrogens with zero attached hydrogens (tertiary/aromatic N) is 4. The van der Waals surface area contributed by atoms with Crippen LogP contribution >= 0.6 is 0 Å². The zero-order valence-electron chi connectivity index (χ0n) is 22.9. The molecule has 0 saturated carbocycles. The van der Waals surface area contributed by atoms with Crippen LogP contribution in [0.5, 0.6) is 0 Å². The van der Waals surface area contributed by atoms with E-state index in [1.54, 1.807) is 36.4 Å². The van der Waals surface area contributed by atoms with E-state index in [0.29, 0.717) is 11.3 Å². The van der Waals surface area contributed by atoms with Crippen LogP contribution in [-0.2, 0) is 9.53 Å². The van der Waals surface area contributed by atoms with Gasteiger partial charge in [-0.3, -0.25) is 9.59 Å². The highest BCUT2D eigenvalue weighted by Crippen LogP contribution is 2.33. The Bertz CT molecular complexity index is 1600. The fraction of sp³-hybridized carbons (Fsp3) is 0.267. The summed E-state index contributed by atoms with van der Waals surface area (Å²) in [6.45, 7) is 0.151. The molecule has 1 aliphatic heterocycles. The number of carbonyl (C=O) groups excluding carboxylic acids is 2. The third-order valence-electron chi connectivity index (χ3n) is 7.15. The van der Waals surface area contributed by atoms with Crippen LogP contribution in [0.3, 0.4) is 0 Å². The van der Waals surface area contributed by atoms with Crippen LogP contribution in [0.1, 0.15) is 22.0 Å². The van der Waals surface area contributed by atoms with Gasteiger partial charge in [-0.2, -0.15) is 0 Å². The molecule has 1 aromatic heterocycles. The predicted molar refractivity (Wildman–Crippen MR) is 149 cm³/mol. The number of benzene rings is 3. The van der Waals surface area contributed by atoms with Crippen LogP contribution < -0.4 is 5.32 Å².